The molecule has 1 N–H and O–H groups in total. The van der Waals surface area contributed by atoms with Crippen LogP contribution >= 0.6 is 0 Å². The number of ether oxygens (including phenoxy) is 2. The number of hydrogen-bond acceptors (Lipinski definition) is 3. The molecule has 0 radical (unpaired) electrons. The molecule has 1 heterocycles. The molecule has 3 rings (SSSR count). The first-order valence-electron chi connectivity index (χ1n) is 9.68. The highest BCUT2D eigenvalue weighted by molar-refractivity contribution is 5.80. The maximum atomic E-state index is 12.6. The SMILES string of the molecule is CN=C(NCCc1ccc(OC)c(OC(F)F)c1)N1CC2CCCCC2C1. The van der Waals surface area contributed by atoms with Gasteiger partial charge in [0, 0.05) is 26.7 Å². The van der Waals surface area contributed by atoms with Crippen molar-refractivity contribution in [3.8, 4) is 11.5 Å². The van der Waals surface area contributed by atoms with Gasteiger partial charge in [-0.2, -0.15) is 8.78 Å². The van der Waals surface area contributed by atoms with E-state index in [1.165, 1.54) is 32.8 Å². The van der Waals surface area contributed by atoms with Crippen molar-refractivity contribution < 1.29 is 18.3 Å². The average Bonchev–Trinajstić information content (AvgIpc) is 3.09. The van der Waals surface area contributed by atoms with Gasteiger partial charge in [-0.25, -0.2) is 0 Å². The fourth-order valence-corrected chi connectivity index (χ4v) is 4.29. The first kappa shape index (κ1) is 19.7. The second kappa shape index (κ2) is 9.24. The predicted molar refractivity (Wildman–Crippen MR) is 102 cm³/mol. The Morgan fingerprint density at radius 1 is 1.22 bits per heavy atom. The molecule has 2 atom stereocenters. The average molecular weight is 381 g/mol. The second-order valence-corrected chi connectivity index (χ2v) is 7.30. The van der Waals surface area contributed by atoms with Gasteiger partial charge in [0.05, 0.1) is 7.11 Å². The van der Waals surface area contributed by atoms with Gasteiger partial charge in [0.25, 0.3) is 0 Å². The minimum atomic E-state index is -2.87. The van der Waals surface area contributed by atoms with Crippen LogP contribution in [0.3, 0.4) is 0 Å². The number of fused-ring (bicyclic) bond motifs is 1. The van der Waals surface area contributed by atoms with Crippen molar-refractivity contribution in [1.82, 2.24) is 10.2 Å². The van der Waals surface area contributed by atoms with E-state index in [0.717, 1.165) is 36.4 Å². The van der Waals surface area contributed by atoms with E-state index in [9.17, 15) is 8.78 Å². The van der Waals surface area contributed by atoms with Crippen LogP contribution in [0.2, 0.25) is 0 Å². The lowest BCUT2D eigenvalue weighted by atomic mass is 9.82. The van der Waals surface area contributed by atoms with Gasteiger partial charge < -0.3 is 19.7 Å². The first-order valence-corrected chi connectivity index (χ1v) is 9.68. The van der Waals surface area contributed by atoms with Crippen LogP contribution in [0.1, 0.15) is 31.2 Å². The number of benzene rings is 1. The molecular formula is C20H29F2N3O2. The Morgan fingerprint density at radius 3 is 2.52 bits per heavy atom. The molecule has 1 aliphatic heterocycles. The molecule has 1 aliphatic carbocycles. The minimum Gasteiger partial charge on any atom is -0.493 e. The van der Waals surface area contributed by atoms with Gasteiger partial charge in [-0.3, -0.25) is 4.99 Å². The Morgan fingerprint density at radius 2 is 1.93 bits per heavy atom. The van der Waals surface area contributed by atoms with E-state index in [-0.39, 0.29) is 5.75 Å². The molecule has 2 aliphatic rings. The highest BCUT2D eigenvalue weighted by Gasteiger charge is 2.35. The summed E-state index contributed by atoms with van der Waals surface area (Å²) in [7, 11) is 3.25. The van der Waals surface area contributed by atoms with Crippen LogP contribution < -0.4 is 14.8 Å². The quantitative estimate of drug-likeness (QED) is 0.605. The third-order valence-corrected chi connectivity index (χ3v) is 5.63. The van der Waals surface area contributed by atoms with Crippen LogP contribution in [-0.4, -0.2) is 51.3 Å². The summed E-state index contributed by atoms with van der Waals surface area (Å²) in [5, 5.41) is 3.41. The molecule has 0 aromatic heterocycles. The van der Waals surface area contributed by atoms with Gasteiger partial charge >= 0.3 is 6.61 Å². The number of aliphatic imine (C=N–C) groups is 1. The number of halogens is 2. The molecule has 0 bridgehead atoms. The van der Waals surface area contributed by atoms with E-state index in [1.54, 1.807) is 12.1 Å². The zero-order chi connectivity index (χ0) is 19.2. The van der Waals surface area contributed by atoms with Crippen molar-refractivity contribution in [1.29, 1.82) is 0 Å². The molecule has 1 saturated heterocycles. The zero-order valence-electron chi connectivity index (χ0n) is 16.1. The van der Waals surface area contributed by atoms with Crippen molar-refractivity contribution in [2.45, 2.75) is 38.7 Å². The zero-order valence-corrected chi connectivity index (χ0v) is 16.1. The normalized spacial score (nSPS) is 22.7. The summed E-state index contributed by atoms with van der Waals surface area (Å²) in [5.41, 5.74) is 0.907. The van der Waals surface area contributed by atoms with Crippen LogP contribution in [0, 0.1) is 11.8 Å². The lowest BCUT2D eigenvalue weighted by molar-refractivity contribution is -0.0512. The molecule has 1 aromatic rings. The highest BCUT2D eigenvalue weighted by atomic mass is 19.3. The van der Waals surface area contributed by atoms with E-state index in [4.69, 9.17) is 4.74 Å². The van der Waals surface area contributed by atoms with Gasteiger partial charge in [0.1, 0.15) is 0 Å². The Bertz CT molecular complexity index is 640. The fourth-order valence-electron chi connectivity index (χ4n) is 4.29. The summed E-state index contributed by atoms with van der Waals surface area (Å²) >= 11 is 0. The summed E-state index contributed by atoms with van der Waals surface area (Å²) in [6.07, 6.45) is 6.04. The molecule has 2 unspecified atom stereocenters. The summed E-state index contributed by atoms with van der Waals surface area (Å²) in [6, 6.07) is 5.14. The largest absolute Gasteiger partial charge is 0.493 e. The maximum Gasteiger partial charge on any atom is 0.387 e. The van der Waals surface area contributed by atoms with Gasteiger partial charge in [-0.05, 0) is 48.8 Å². The molecule has 1 aromatic carbocycles. The Labute approximate surface area is 159 Å². The number of alkyl halides is 2. The molecule has 0 spiro atoms. The van der Waals surface area contributed by atoms with Crippen molar-refractivity contribution in [2.24, 2.45) is 16.8 Å². The van der Waals surface area contributed by atoms with E-state index < -0.39 is 6.61 Å². The molecule has 5 nitrogen and oxygen atoms in total. The van der Waals surface area contributed by atoms with Crippen molar-refractivity contribution in [3.05, 3.63) is 23.8 Å². The summed E-state index contributed by atoms with van der Waals surface area (Å²) in [5.74, 6) is 2.91. The summed E-state index contributed by atoms with van der Waals surface area (Å²) < 4.78 is 34.7. The molecule has 7 heteroatoms. The molecule has 150 valence electrons. The monoisotopic (exact) mass is 381 g/mol. The van der Waals surface area contributed by atoms with Gasteiger partial charge in [0.15, 0.2) is 17.5 Å². The second-order valence-electron chi connectivity index (χ2n) is 7.30. The van der Waals surface area contributed by atoms with Crippen LogP contribution in [0.5, 0.6) is 11.5 Å². The maximum absolute atomic E-state index is 12.6. The van der Waals surface area contributed by atoms with Crippen LogP contribution in [0.15, 0.2) is 23.2 Å². The molecular weight excluding hydrogens is 352 g/mol. The summed E-state index contributed by atoms with van der Waals surface area (Å²) in [6.45, 7) is -0.0259. The standard InChI is InChI=1S/C20H29F2N3O2/c1-23-20(25-12-15-5-3-4-6-16(15)13-25)24-10-9-14-7-8-17(26-2)18(11-14)27-19(21)22/h7-8,11,15-16,19H,3-6,9-10,12-13H2,1-2H3,(H,23,24). The smallest absolute Gasteiger partial charge is 0.387 e. The third-order valence-electron chi connectivity index (χ3n) is 5.63. The predicted octanol–water partition coefficient (Wildman–Crippen LogP) is 3.54. The minimum absolute atomic E-state index is 0.0676. The number of likely N-dealkylation sites (tertiary alicyclic amines) is 1. The first-order chi connectivity index (χ1) is 13.1. The summed E-state index contributed by atoms with van der Waals surface area (Å²) in [4.78, 5) is 6.79. The Kier molecular flexibility index (Phi) is 6.74. The molecule has 1 saturated carbocycles. The van der Waals surface area contributed by atoms with Crippen LogP contribution in [-0.2, 0) is 6.42 Å². The molecule has 2 fully saturated rings. The molecule has 0 amide bonds. The fraction of sp³-hybridized carbons (Fsp3) is 0.650. The van der Waals surface area contributed by atoms with E-state index in [1.807, 2.05) is 13.1 Å². The van der Waals surface area contributed by atoms with Gasteiger partial charge in [0.2, 0.25) is 0 Å². The van der Waals surface area contributed by atoms with Gasteiger partial charge in [-0.15, -0.1) is 0 Å². The Balaban J connectivity index is 1.54. The number of guanidine groups is 1. The van der Waals surface area contributed by atoms with E-state index in [0.29, 0.717) is 18.7 Å². The number of methoxy groups -OCH3 is 1. The lowest BCUT2D eigenvalue weighted by Gasteiger charge is -2.22. The molecule has 27 heavy (non-hydrogen) atoms. The number of rotatable bonds is 6. The highest BCUT2D eigenvalue weighted by Crippen LogP contribution is 2.36. The lowest BCUT2D eigenvalue weighted by Crippen LogP contribution is -2.41. The van der Waals surface area contributed by atoms with E-state index in [2.05, 4.69) is 19.9 Å². The number of hydrogen-bond donors (Lipinski definition) is 1. The number of nitrogens with one attached hydrogen (secondary N) is 1. The third kappa shape index (κ3) is 5.02. The topological polar surface area (TPSA) is 46.1 Å². The van der Waals surface area contributed by atoms with E-state index >= 15 is 0 Å². The van der Waals surface area contributed by atoms with Crippen molar-refractivity contribution >= 4 is 5.96 Å². The Hall–Kier alpha value is -2.05. The van der Waals surface area contributed by atoms with Crippen molar-refractivity contribution in [2.75, 3.05) is 33.8 Å². The van der Waals surface area contributed by atoms with Crippen molar-refractivity contribution in [3.63, 3.8) is 0 Å². The van der Waals surface area contributed by atoms with Crippen LogP contribution in [0.25, 0.3) is 0 Å². The van der Waals surface area contributed by atoms with Crippen LogP contribution in [0.4, 0.5) is 8.78 Å². The van der Waals surface area contributed by atoms with Gasteiger partial charge in [-0.1, -0.05) is 18.9 Å². The number of nitrogens with zero attached hydrogens (tertiary/aromatic N) is 2.